The number of nitrogens with zero attached hydrogens (tertiary/aromatic N) is 3. The molecule has 0 amide bonds. The first-order valence-electron chi connectivity index (χ1n) is 5.14. The third-order valence-corrected chi connectivity index (χ3v) is 2.32. The van der Waals surface area contributed by atoms with Crippen molar-refractivity contribution in [3.05, 3.63) is 53.4 Å². The van der Waals surface area contributed by atoms with Crippen molar-refractivity contribution in [3.63, 3.8) is 0 Å². The molecule has 4 nitrogen and oxygen atoms in total. The maximum atomic E-state index is 6.09. The Bertz CT molecular complexity index is 461. The summed E-state index contributed by atoms with van der Waals surface area (Å²) in [5.74, 6) is 0.644. The SMILES string of the molecule is Cc1cc(C)nc(C(N)c2cccnc2)n1. The highest BCUT2D eigenvalue weighted by molar-refractivity contribution is 5.22. The fraction of sp³-hybridized carbons (Fsp3) is 0.250. The molecule has 0 bridgehead atoms. The van der Waals surface area contributed by atoms with Crippen LogP contribution in [-0.2, 0) is 0 Å². The molecule has 0 saturated carbocycles. The number of hydrogen-bond acceptors (Lipinski definition) is 4. The molecule has 0 fully saturated rings. The van der Waals surface area contributed by atoms with Crippen LogP contribution in [0.15, 0.2) is 30.6 Å². The summed E-state index contributed by atoms with van der Waals surface area (Å²) in [7, 11) is 0. The summed E-state index contributed by atoms with van der Waals surface area (Å²) in [6, 6.07) is 5.41. The van der Waals surface area contributed by atoms with E-state index in [0.29, 0.717) is 5.82 Å². The number of aromatic nitrogens is 3. The van der Waals surface area contributed by atoms with Gasteiger partial charge in [-0.25, -0.2) is 9.97 Å². The van der Waals surface area contributed by atoms with E-state index in [2.05, 4.69) is 15.0 Å². The van der Waals surface area contributed by atoms with Crippen LogP contribution in [0.2, 0.25) is 0 Å². The van der Waals surface area contributed by atoms with E-state index in [9.17, 15) is 0 Å². The second kappa shape index (κ2) is 4.37. The minimum atomic E-state index is -0.313. The first-order valence-corrected chi connectivity index (χ1v) is 5.14. The molecule has 0 saturated heterocycles. The van der Waals surface area contributed by atoms with Gasteiger partial charge in [0.1, 0.15) is 5.82 Å². The summed E-state index contributed by atoms with van der Waals surface area (Å²) in [6.07, 6.45) is 3.46. The number of rotatable bonds is 2. The molecule has 0 aromatic carbocycles. The van der Waals surface area contributed by atoms with Crippen LogP contribution in [0.1, 0.15) is 28.8 Å². The van der Waals surface area contributed by atoms with Gasteiger partial charge in [-0.1, -0.05) is 6.07 Å². The van der Waals surface area contributed by atoms with Crippen molar-refractivity contribution < 1.29 is 0 Å². The van der Waals surface area contributed by atoms with Crippen LogP contribution in [0.3, 0.4) is 0 Å². The van der Waals surface area contributed by atoms with Crippen LogP contribution in [0.25, 0.3) is 0 Å². The molecular formula is C12H14N4. The Kier molecular flexibility index (Phi) is 2.92. The van der Waals surface area contributed by atoms with Crippen LogP contribution in [0.4, 0.5) is 0 Å². The van der Waals surface area contributed by atoms with Gasteiger partial charge in [-0.05, 0) is 31.5 Å². The highest BCUT2D eigenvalue weighted by Crippen LogP contribution is 2.15. The molecule has 0 radical (unpaired) electrons. The molecule has 2 aromatic heterocycles. The molecule has 82 valence electrons. The van der Waals surface area contributed by atoms with E-state index in [-0.39, 0.29) is 6.04 Å². The normalized spacial score (nSPS) is 12.4. The molecule has 2 aromatic rings. The van der Waals surface area contributed by atoms with Crippen molar-refractivity contribution in [3.8, 4) is 0 Å². The molecule has 1 unspecified atom stereocenters. The molecule has 0 aliphatic carbocycles. The van der Waals surface area contributed by atoms with Crippen LogP contribution < -0.4 is 5.73 Å². The van der Waals surface area contributed by atoms with Crippen molar-refractivity contribution >= 4 is 0 Å². The quantitative estimate of drug-likeness (QED) is 0.823. The second-order valence-electron chi connectivity index (χ2n) is 3.77. The largest absolute Gasteiger partial charge is 0.318 e. The van der Waals surface area contributed by atoms with E-state index in [1.807, 2.05) is 32.0 Å². The number of pyridine rings is 1. The summed E-state index contributed by atoms with van der Waals surface area (Å²) in [5, 5.41) is 0. The van der Waals surface area contributed by atoms with Gasteiger partial charge in [0, 0.05) is 23.8 Å². The van der Waals surface area contributed by atoms with Gasteiger partial charge < -0.3 is 5.73 Å². The van der Waals surface area contributed by atoms with Gasteiger partial charge in [0.2, 0.25) is 0 Å². The number of aryl methyl sites for hydroxylation is 2. The molecule has 2 N–H and O–H groups in total. The van der Waals surface area contributed by atoms with Gasteiger partial charge in [0.25, 0.3) is 0 Å². The molecule has 1 atom stereocenters. The zero-order valence-corrected chi connectivity index (χ0v) is 9.38. The monoisotopic (exact) mass is 214 g/mol. The standard InChI is InChI=1S/C12H14N4/c1-8-6-9(2)16-12(15-8)11(13)10-4-3-5-14-7-10/h3-7,11H,13H2,1-2H3. The minimum absolute atomic E-state index is 0.313. The summed E-state index contributed by atoms with van der Waals surface area (Å²) >= 11 is 0. The Balaban J connectivity index is 2.37. The second-order valence-corrected chi connectivity index (χ2v) is 3.77. The van der Waals surface area contributed by atoms with Gasteiger partial charge in [-0.15, -0.1) is 0 Å². The molecule has 0 aliphatic rings. The summed E-state index contributed by atoms with van der Waals surface area (Å²) in [4.78, 5) is 12.7. The highest BCUT2D eigenvalue weighted by Gasteiger charge is 2.12. The molecule has 16 heavy (non-hydrogen) atoms. The maximum absolute atomic E-state index is 6.09. The first kappa shape index (κ1) is 10.7. The average molecular weight is 214 g/mol. The van der Waals surface area contributed by atoms with E-state index in [0.717, 1.165) is 17.0 Å². The zero-order chi connectivity index (χ0) is 11.5. The average Bonchev–Trinajstić information content (AvgIpc) is 2.28. The van der Waals surface area contributed by atoms with E-state index in [4.69, 9.17) is 5.73 Å². The van der Waals surface area contributed by atoms with Crippen LogP contribution in [0.5, 0.6) is 0 Å². The van der Waals surface area contributed by atoms with Crippen molar-refractivity contribution in [2.45, 2.75) is 19.9 Å². The molecular weight excluding hydrogens is 200 g/mol. The Hall–Kier alpha value is -1.81. The van der Waals surface area contributed by atoms with Crippen molar-refractivity contribution in [2.24, 2.45) is 5.73 Å². The smallest absolute Gasteiger partial charge is 0.150 e. The lowest BCUT2D eigenvalue weighted by molar-refractivity contribution is 0.761. The Morgan fingerprint density at radius 1 is 1.19 bits per heavy atom. The zero-order valence-electron chi connectivity index (χ0n) is 9.38. The van der Waals surface area contributed by atoms with Crippen molar-refractivity contribution in [2.75, 3.05) is 0 Å². The van der Waals surface area contributed by atoms with Gasteiger partial charge in [0.05, 0.1) is 6.04 Å². The van der Waals surface area contributed by atoms with Crippen molar-refractivity contribution in [1.29, 1.82) is 0 Å². The molecule has 0 aliphatic heterocycles. The van der Waals surface area contributed by atoms with E-state index in [1.54, 1.807) is 12.4 Å². The Labute approximate surface area is 94.6 Å². The van der Waals surface area contributed by atoms with Gasteiger partial charge >= 0.3 is 0 Å². The Morgan fingerprint density at radius 3 is 2.44 bits per heavy atom. The predicted molar refractivity (Wildman–Crippen MR) is 61.8 cm³/mol. The van der Waals surface area contributed by atoms with Crippen LogP contribution in [0, 0.1) is 13.8 Å². The lowest BCUT2D eigenvalue weighted by Crippen LogP contribution is -2.16. The van der Waals surface area contributed by atoms with Gasteiger partial charge in [-0.2, -0.15) is 0 Å². The van der Waals surface area contributed by atoms with E-state index < -0.39 is 0 Å². The molecule has 2 rings (SSSR count). The first-order chi connectivity index (χ1) is 7.66. The van der Waals surface area contributed by atoms with Crippen molar-refractivity contribution in [1.82, 2.24) is 15.0 Å². The van der Waals surface area contributed by atoms with E-state index in [1.165, 1.54) is 0 Å². The molecule has 2 heterocycles. The number of hydrogen-bond donors (Lipinski definition) is 1. The molecule has 0 spiro atoms. The van der Waals surface area contributed by atoms with Gasteiger partial charge in [0.15, 0.2) is 0 Å². The third-order valence-electron chi connectivity index (χ3n) is 2.32. The minimum Gasteiger partial charge on any atom is -0.318 e. The lowest BCUT2D eigenvalue weighted by atomic mass is 10.1. The summed E-state index contributed by atoms with van der Waals surface area (Å²) < 4.78 is 0. The lowest BCUT2D eigenvalue weighted by Gasteiger charge is -2.11. The number of nitrogens with two attached hydrogens (primary N) is 1. The van der Waals surface area contributed by atoms with E-state index >= 15 is 0 Å². The Morgan fingerprint density at radius 2 is 1.88 bits per heavy atom. The predicted octanol–water partition coefficient (Wildman–Crippen LogP) is 1.54. The third kappa shape index (κ3) is 2.23. The van der Waals surface area contributed by atoms with Crippen LogP contribution >= 0.6 is 0 Å². The maximum Gasteiger partial charge on any atom is 0.150 e. The summed E-state index contributed by atoms with van der Waals surface area (Å²) in [5.41, 5.74) is 8.88. The van der Waals surface area contributed by atoms with Crippen LogP contribution in [-0.4, -0.2) is 15.0 Å². The molecule has 4 heteroatoms. The summed E-state index contributed by atoms with van der Waals surface area (Å²) in [6.45, 7) is 3.88. The van der Waals surface area contributed by atoms with Gasteiger partial charge in [-0.3, -0.25) is 4.98 Å². The highest BCUT2D eigenvalue weighted by atomic mass is 14.9. The fourth-order valence-corrected chi connectivity index (χ4v) is 1.60. The topological polar surface area (TPSA) is 64.7 Å². The fourth-order valence-electron chi connectivity index (χ4n) is 1.60.